The normalized spacial score (nSPS) is 12.2. The molecule has 0 radical (unpaired) electrons. The van der Waals surface area contributed by atoms with Crippen molar-refractivity contribution in [3.05, 3.63) is 152 Å². The molecule has 0 amide bonds. The highest BCUT2D eigenvalue weighted by Gasteiger charge is 2.22. The van der Waals surface area contributed by atoms with Crippen LogP contribution in [0.4, 0.5) is 0 Å². The molecule has 0 atom stereocenters. The van der Waals surface area contributed by atoms with Gasteiger partial charge in [0, 0.05) is 83.4 Å². The van der Waals surface area contributed by atoms with E-state index in [-0.39, 0.29) is 0 Å². The molecule has 0 saturated heterocycles. The topological polar surface area (TPSA) is 40.0 Å². The van der Waals surface area contributed by atoms with E-state index in [2.05, 4.69) is 134 Å². The van der Waals surface area contributed by atoms with E-state index in [0.717, 1.165) is 33.5 Å². The van der Waals surface area contributed by atoms with Gasteiger partial charge in [-0.05, 0) is 60.7 Å². The summed E-state index contributed by atoms with van der Waals surface area (Å²) in [5.74, 6) is 0. The maximum Gasteiger partial charge on any atom is 0.137 e. The summed E-state index contributed by atoms with van der Waals surface area (Å²) in [5, 5.41) is 7.51. The number of aromatic nitrogens is 5. The predicted molar refractivity (Wildman–Crippen MR) is 200 cm³/mol. The van der Waals surface area contributed by atoms with Crippen LogP contribution < -0.4 is 0 Å². The molecular weight excluding hydrogens is 607 g/mol. The molecule has 0 spiro atoms. The minimum absolute atomic E-state index is 0.944. The molecule has 5 aromatic carbocycles. The number of rotatable bonds is 3. The average molecular weight is 632 g/mol. The van der Waals surface area contributed by atoms with Crippen LogP contribution in [0.1, 0.15) is 0 Å². The van der Waals surface area contributed by atoms with Crippen molar-refractivity contribution < 1.29 is 0 Å². The summed E-state index contributed by atoms with van der Waals surface area (Å²) in [4.78, 5) is 9.42. The number of nitrogens with zero attached hydrogens (tertiary/aromatic N) is 5. The molecule has 6 heteroatoms. The number of benzene rings is 5. The summed E-state index contributed by atoms with van der Waals surface area (Å²) >= 11 is 1.89. The molecule has 0 unspecified atom stereocenters. The van der Waals surface area contributed by atoms with Gasteiger partial charge in [-0.2, -0.15) is 0 Å². The van der Waals surface area contributed by atoms with Gasteiger partial charge in [-0.15, -0.1) is 11.3 Å². The van der Waals surface area contributed by atoms with E-state index in [9.17, 15) is 0 Å². The molecule has 11 rings (SSSR count). The van der Waals surface area contributed by atoms with Crippen LogP contribution in [0.2, 0.25) is 0 Å². The van der Waals surface area contributed by atoms with Crippen molar-refractivity contribution in [2.24, 2.45) is 0 Å². The van der Waals surface area contributed by atoms with Gasteiger partial charge in [0.05, 0.1) is 27.8 Å². The standard InChI is InChI=1S/C42H25N5S/c1-2-8-27(9-3-1)46-34-11-5-4-10-30(34)39-36(46)19-17-31-40-37(48-42(31)39)20-18-29-32-24-43-22-21-35(32)47(41(29)40)28-15-13-26(14-16-28)33-25-45-23-7-6-12-38(45)44-33/h1-25H. The molecule has 224 valence electrons. The van der Waals surface area contributed by atoms with Gasteiger partial charge >= 0.3 is 0 Å². The molecule has 0 aliphatic rings. The predicted octanol–water partition coefficient (Wildman–Crippen LogP) is 11.0. The van der Waals surface area contributed by atoms with Crippen LogP contribution in [0.15, 0.2) is 152 Å². The third kappa shape index (κ3) is 3.49. The van der Waals surface area contributed by atoms with E-state index >= 15 is 0 Å². The molecule has 0 aliphatic heterocycles. The van der Waals surface area contributed by atoms with Gasteiger partial charge in [0.25, 0.3) is 0 Å². The Labute approximate surface area is 278 Å². The molecule has 6 aromatic heterocycles. The van der Waals surface area contributed by atoms with Crippen LogP contribution in [-0.2, 0) is 0 Å². The number of fused-ring (bicyclic) bond motifs is 12. The Morgan fingerprint density at radius 3 is 2.23 bits per heavy atom. The molecular formula is C42H25N5S. The van der Waals surface area contributed by atoms with Crippen molar-refractivity contribution in [1.29, 1.82) is 0 Å². The highest BCUT2D eigenvalue weighted by molar-refractivity contribution is 7.27. The van der Waals surface area contributed by atoms with Gasteiger partial charge in [0.15, 0.2) is 0 Å². The van der Waals surface area contributed by atoms with Crippen molar-refractivity contribution >= 4 is 80.8 Å². The Kier molecular flexibility index (Phi) is 5.20. The van der Waals surface area contributed by atoms with Crippen LogP contribution in [0, 0.1) is 0 Å². The molecule has 0 N–H and O–H groups in total. The third-order valence-electron chi connectivity index (χ3n) is 9.76. The summed E-state index contributed by atoms with van der Waals surface area (Å²) in [7, 11) is 0. The Bertz CT molecular complexity index is 3020. The van der Waals surface area contributed by atoms with Gasteiger partial charge in [-0.1, -0.05) is 66.7 Å². The van der Waals surface area contributed by atoms with E-state index in [1.807, 2.05) is 48.1 Å². The lowest BCUT2D eigenvalue weighted by molar-refractivity contribution is 1.18. The highest BCUT2D eigenvalue weighted by atomic mass is 32.1. The Hall–Kier alpha value is -6.24. The molecule has 11 aromatic rings. The first kappa shape index (κ1) is 25.9. The largest absolute Gasteiger partial charge is 0.309 e. The molecule has 0 fully saturated rings. The molecule has 0 aliphatic carbocycles. The van der Waals surface area contributed by atoms with Crippen LogP contribution in [0.5, 0.6) is 0 Å². The Morgan fingerprint density at radius 2 is 1.33 bits per heavy atom. The minimum Gasteiger partial charge on any atom is -0.309 e. The van der Waals surface area contributed by atoms with Crippen molar-refractivity contribution in [2.45, 2.75) is 0 Å². The summed E-state index contributed by atoms with van der Waals surface area (Å²) in [6.45, 7) is 0. The van der Waals surface area contributed by atoms with Crippen LogP contribution in [0.3, 0.4) is 0 Å². The highest BCUT2D eigenvalue weighted by Crippen LogP contribution is 2.47. The van der Waals surface area contributed by atoms with Crippen LogP contribution >= 0.6 is 11.3 Å². The van der Waals surface area contributed by atoms with E-state index in [4.69, 9.17) is 4.98 Å². The second-order valence-corrected chi connectivity index (χ2v) is 13.4. The lowest BCUT2D eigenvalue weighted by atomic mass is 10.1. The maximum atomic E-state index is 4.86. The first-order valence-electron chi connectivity index (χ1n) is 16.1. The quantitative estimate of drug-likeness (QED) is 0.195. The van der Waals surface area contributed by atoms with Gasteiger partial charge in [0.1, 0.15) is 5.65 Å². The van der Waals surface area contributed by atoms with Gasteiger partial charge in [-0.3, -0.25) is 4.98 Å². The maximum absolute atomic E-state index is 4.86. The smallest absolute Gasteiger partial charge is 0.137 e. The number of hydrogen-bond donors (Lipinski definition) is 0. The molecule has 5 nitrogen and oxygen atoms in total. The average Bonchev–Trinajstić information content (AvgIpc) is 3.91. The van der Waals surface area contributed by atoms with Crippen molar-refractivity contribution in [2.75, 3.05) is 0 Å². The summed E-state index contributed by atoms with van der Waals surface area (Å²) in [6, 6.07) is 45.7. The molecule has 0 bridgehead atoms. The number of hydrogen-bond acceptors (Lipinski definition) is 3. The van der Waals surface area contributed by atoms with Crippen molar-refractivity contribution in [3.8, 4) is 22.6 Å². The summed E-state index contributed by atoms with van der Waals surface area (Å²) < 4.78 is 9.48. The van der Waals surface area contributed by atoms with E-state index in [1.165, 1.54) is 58.6 Å². The van der Waals surface area contributed by atoms with E-state index in [1.54, 1.807) is 0 Å². The fraction of sp³-hybridized carbons (Fsp3) is 0. The zero-order chi connectivity index (χ0) is 31.3. The Balaban J connectivity index is 1.20. The zero-order valence-corrected chi connectivity index (χ0v) is 26.4. The van der Waals surface area contributed by atoms with Crippen LogP contribution in [-0.4, -0.2) is 23.5 Å². The van der Waals surface area contributed by atoms with E-state index in [0.29, 0.717) is 0 Å². The van der Waals surface area contributed by atoms with Crippen molar-refractivity contribution in [3.63, 3.8) is 0 Å². The lowest BCUT2D eigenvalue weighted by Crippen LogP contribution is -1.94. The second-order valence-electron chi connectivity index (χ2n) is 12.3. The summed E-state index contributed by atoms with van der Waals surface area (Å²) in [5.41, 5.74) is 10.1. The van der Waals surface area contributed by atoms with Crippen molar-refractivity contribution in [1.82, 2.24) is 23.5 Å². The number of para-hydroxylation sites is 2. The minimum atomic E-state index is 0.944. The molecule has 48 heavy (non-hydrogen) atoms. The zero-order valence-electron chi connectivity index (χ0n) is 25.6. The number of thiophene rings is 1. The SMILES string of the molecule is c1ccc(-n2c3ccccc3c3c4sc5ccc6c7cnccc7n(-c7ccc(-c8cn9ccccc9n8)cc7)c6c5c4ccc32)cc1. The van der Waals surface area contributed by atoms with Crippen LogP contribution in [0.25, 0.3) is 92.1 Å². The van der Waals surface area contributed by atoms with Gasteiger partial charge < -0.3 is 13.5 Å². The molecule has 6 heterocycles. The van der Waals surface area contributed by atoms with Gasteiger partial charge in [0.2, 0.25) is 0 Å². The van der Waals surface area contributed by atoms with E-state index < -0.39 is 0 Å². The molecule has 0 saturated carbocycles. The number of pyridine rings is 2. The van der Waals surface area contributed by atoms with Gasteiger partial charge in [-0.25, -0.2) is 4.98 Å². The fourth-order valence-corrected chi connectivity index (χ4v) is 8.96. The first-order valence-corrected chi connectivity index (χ1v) is 16.9. The summed E-state index contributed by atoms with van der Waals surface area (Å²) in [6.07, 6.45) is 8.03. The number of imidazole rings is 1. The second kappa shape index (κ2) is 9.64. The Morgan fingerprint density at radius 1 is 0.542 bits per heavy atom. The third-order valence-corrected chi connectivity index (χ3v) is 11.0. The monoisotopic (exact) mass is 631 g/mol. The fourth-order valence-electron chi connectivity index (χ4n) is 7.70. The lowest BCUT2D eigenvalue weighted by Gasteiger charge is -2.10. The first-order chi connectivity index (χ1) is 23.8.